The van der Waals surface area contributed by atoms with Gasteiger partial charge in [-0.2, -0.15) is 0 Å². The lowest BCUT2D eigenvalue weighted by molar-refractivity contribution is -0.139. The number of ketones is 1. The first-order valence-electron chi connectivity index (χ1n) is 9.31. The van der Waals surface area contributed by atoms with E-state index in [1.165, 1.54) is 6.92 Å². The number of rotatable bonds is 7. The maximum Gasteiger partial charge on any atom is 0.222 e. The Morgan fingerprint density at radius 2 is 1.85 bits per heavy atom. The molecule has 1 unspecified atom stereocenters. The zero-order valence-electron chi connectivity index (χ0n) is 15.6. The minimum atomic E-state index is -0.0556. The van der Waals surface area contributed by atoms with Crippen LogP contribution in [0, 0.1) is 0 Å². The molecule has 0 bridgehead atoms. The summed E-state index contributed by atoms with van der Waals surface area (Å²) in [4.78, 5) is 25.6. The summed E-state index contributed by atoms with van der Waals surface area (Å²) in [5.74, 6) is 0.879. The van der Waals surface area contributed by atoms with E-state index in [4.69, 9.17) is 9.47 Å². The fraction of sp³-hybridized carbons (Fsp3) is 0.364. The lowest BCUT2D eigenvalue weighted by Gasteiger charge is -2.33. The molecule has 0 aliphatic carbocycles. The third kappa shape index (κ3) is 5.41. The van der Waals surface area contributed by atoms with Crippen molar-refractivity contribution in [2.24, 2.45) is 0 Å². The second-order valence-electron chi connectivity index (χ2n) is 6.64. The summed E-state index contributed by atoms with van der Waals surface area (Å²) in [6.07, 6.45) is 1.05. The van der Waals surface area contributed by atoms with E-state index in [-0.39, 0.29) is 17.8 Å². The zero-order valence-corrected chi connectivity index (χ0v) is 15.6. The quantitative estimate of drug-likeness (QED) is 0.554. The van der Waals surface area contributed by atoms with Crippen molar-refractivity contribution in [2.75, 3.05) is 26.3 Å². The van der Waals surface area contributed by atoms with Crippen LogP contribution in [0.3, 0.4) is 0 Å². The molecule has 1 heterocycles. The Morgan fingerprint density at radius 1 is 1.11 bits per heavy atom. The van der Waals surface area contributed by atoms with Crippen LogP contribution < -0.4 is 4.74 Å². The molecule has 2 aromatic carbocycles. The first kappa shape index (κ1) is 19.1. The normalized spacial score (nSPS) is 16.8. The van der Waals surface area contributed by atoms with E-state index in [9.17, 15) is 9.59 Å². The molecule has 3 rings (SSSR count). The molecule has 0 saturated carbocycles. The first-order valence-corrected chi connectivity index (χ1v) is 9.31. The standard InChI is InChI=1S/C22H25NO4/c1-17(24)18-9-11-20(12-10-18)26-14-5-8-22(25)23-13-15-27-21(16-23)19-6-3-2-4-7-19/h2-4,6-7,9-12,21H,5,8,13-16H2,1H3. The smallest absolute Gasteiger partial charge is 0.222 e. The molecular formula is C22H25NO4. The summed E-state index contributed by atoms with van der Waals surface area (Å²) < 4.78 is 11.5. The van der Waals surface area contributed by atoms with Crippen LogP contribution in [0.4, 0.5) is 0 Å². The molecule has 0 spiro atoms. The summed E-state index contributed by atoms with van der Waals surface area (Å²) >= 11 is 0. The molecule has 1 amide bonds. The number of amides is 1. The average Bonchev–Trinajstić information content (AvgIpc) is 2.72. The molecule has 1 saturated heterocycles. The van der Waals surface area contributed by atoms with E-state index in [2.05, 4.69) is 0 Å². The Morgan fingerprint density at radius 3 is 2.56 bits per heavy atom. The van der Waals surface area contributed by atoms with Crippen LogP contribution in [0.5, 0.6) is 5.75 Å². The third-order valence-corrected chi connectivity index (χ3v) is 4.66. The summed E-state index contributed by atoms with van der Waals surface area (Å²) in [5.41, 5.74) is 1.77. The SMILES string of the molecule is CC(=O)c1ccc(OCCCC(=O)N2CCOC(c3ccccc3)C2)cc1. The number of carbonyl (C=O) groups is 2. The van der Waals surface area contributed by atoms with E-state index in [1.807, 2.05) is 35.2 Å². The highest BCUT2D eigenvalue weighted by molar-refractivity contribution is 5.94. The topological polar surface area (TPSA) is 55.8 Å². The molecule has 0 N–H and O–H groups in total. The molecule has 1 atom stereocenters. The van der Waals surface area contributed by atoms with Gasteiger partial charge in [-0.15, -0.1) is 0 Å². The van der Waals surface area contributed by atoms with Gasteiger partial charge in [0.05, 0.1) is 19.8 Å². The summed E-state index contributed by atoms with van der Waals surface area (Å²) in [5, 5.41) is 0. The van der Waals surface area contributed by atoms with Crippen LogP contribution in [-0.4, -0.2) is 42.9 Å². The van der Waals surface area contributed by atoms with Gasteiger partial charge in [-0.25, -0.2) is 0 Å². The van der Waals surface area contributed by atoms with Crippen molar-refractivity contribution >= 4 is 11.7 Å². The minimum Gasteiger partial charge on any atom is -0.494 e. The van der Waals surface area contributed by atoms with Crippen LogP contribution >= 0.6 is 0 Å². The molecule has 1 aliphatic rings. The number of hydrogen-bond donors (Lipinski definition) is 0. The van der Waals surface area contributed by atoms with Gasteiger partial charge >= 0.3 is 0 Å². The van der Waals surface area contributed by atoms with Crippen LogP contribution in [-0.2, 0) is 9.53 Å². The van der Waals surface area contributed by atoms with Gasteiger partial charge in [-0.05, 0) is 43.2 Å². The van der Waals surface area contributed by atoms with Gasteiger partial charge in [0.2, 0.25) is 5.91 Å². The van der Waals surface area contributed by atoms with Gasteiger partial charge in [-0.1, -0.05) is 30.3 Å². The van der Waals surface area contributed by atoms with Gasteiger partial charge in [0.15, 0.2) is 5.78 Å². The third-order valence-electron chi connectivity index (χ3n) is 4.66. The highest BCUT2D eigenvalue weighted by Crippen LogP contribution is 2.22. The largest absolute Gasteiger partial charge is 0.494 e. The van der Waals surface area contributed by atoms with Crippen molar-refractivity contribution in [1.82, 2.24) is 4.90 Å². The lowest BCUT2D eigenvalue weighted by Crippen LogP contribution is -2.42. The first-order chi connectivity index (χ1) is 13.1. The summed E-state index contributed by atoms with van der Waals surface area (Å²) in [7, 11) is 0. The predicted octanol–water partition coefficient (Wildman–Crippen LogP) is 3.65. The molecule has 5 nitrogen and oxygen atoms in total. The number of nitrogens with zero attached hydrogens (tertiary/aromatic N) is 1. The van der Waals surface area contributed by atoms with Crippen molar-refractivity contribution < 1.29 is 19.1 Å². The zero-order chi connectivity index (χ0) is 19.1. The maximum absolute atomic E-state index is 12.5. The van der Waals surface area contributed by atoms with Crippen molar-refractivity contribution in [1.29, 1.82) is 0 Å². The monoisotopic (exact) mass is 367 g/mol. The molecule has 5 heteroatoms. The fourth-order valence-corrected chi connectivity index (χ4v) is 3.10. The van der Waals surface area contributed by atoms with E-state index in [1.54, 1.807) is 24.3 Å². The van der Waals surface area contributed by atoms with E-state index >= 15 is 0 Å². The molecule has 2 aromatic rings. The Bertz CT molecular complexity index is 758. The molecule has 27 heavy (non-hydrogen) atoms. The maximum atomic E-state index is 12.5. The number of hydrogen-bond acceptors (Lipinski definition) is 4. The number of carbonyl (C=O) groups excluding carboxylic acids is 2. The molecule has 0 radical (unpaired) electrons. The van der Waals surface area contributed by atoms with Crippen molar-refractivity contribution in [3.8, 4) is 5.75 Å². The van der Waals surface area contributed by atoms with Gasteiger partial charge in [-0.3, -0.25) is 9.59 Å². The van der Waals surface area contributed by atoms with Crippen molar-refractivity contribution in [3.63, 3.8) is 0 Å². The molecule has 1 aliphatic heterocycles. The Labute approximate surface area is 159 Å². The Kier molecular flexibility index (Phi) is 6.60. The molecular weight excluding hydrogens is 342 g/mol. The van der Waals surface area contributed by atoms with Gasteiger partial charge in [0, 0.05) is 18.5 Å². The molecule has 142 valence electrons. The predicted molar refractivity (Wildman–Crippen MR) is 103 cm³/mol. The molecule has 0 aromatic heterocycles. The second kappa shape index (κ2) is 9.33. The van der Waals surface area contributed by atoms with E-state index in [0.717, 1.165) is 5.56 Å². The Hall–Kier alpha value is -2.66. The van der Waals surface area contributed by atoms with Crippen LogP contribution in [0.2, 0.25) is 0 Å². The number of benzene rings is 2. The second-order valence-corrected chi connectivity index (χ2v) is 6.64. The Balaban J connectivity index is 1.41. The summed E-state index contributed by atoms with van der Waals surface area (Å²) in [6.45, 7) is 3.79. The van der Waals surface area contributed by atoms with Gasteiger partial charge in [0.25, 0.3) is 0 Å². The van der Waals surface area contributed by atoms with Gasteiger partial charge in [0.1, 0.15) is 11.9 Å². The van der Waals surface area contributed by atoms with Crippen LogP contribution in [0.1, 0.15) is 41.8 Å². The van der Waals surface area contributed by atoms with E-state index < -0.39 is 0 Å². The number of ether oxygens (including phenoxy) is 2. The average molecular weight is 367 g/mol. The van der Waals surface area contributed by atoms with E-state index in [0.29, 0.717) is 50.5 Å². The lowest BCUT2D eigenvalue weighted by atomic mass is 10.1. The summed E-state index contributed by atoms with van der Waals surface area (Å²) in [6, 6.07) is 17.1. The van der Waals surface area contributed by atoms with Crippen LogP contribution in [0.15, 0.2) is 54.6 Å². The fourth-order valence-electron chi connectivity index (χ4n) is 3.10. The highest BCUT2D eigenvalue weighted by atomic mass is 16.5. The van der Waals surface area contributed by atoms with Gasteiger partial charge < -0.3 is 14.4 Å². The molecule has 1 fully saturated rings. The highest BCUT2D eigenvalue weighted by Gasteiger charge is 2.24. The van der Waals surface area contributed by atoms with Crippen molar-refractivity contribution in [2.45, 2.75) is 25.9 Å². The minimum absolute atomic E-state index is 0.0338. The number of Topliss-reactive ketones (excluding diaryl/α,β-unsaturated/α-hetero) is 1. The van der Waals surface area contributed by atoms with Crippen molar-refractivity contribution in [3.05, 3.63) is 65.7 Å². The van der Waals surface area contributed by atoms with Crippen LogP contribution in [0.25, 0.3) is 0 Å². The number of morpholine rings is 1.